The molecule has 0 N–H and O–H groups in total. The first-order valence-corrected chi connectivity index (χ1v) is 15.7. The Morgan fingerprint density at radius 1 is 1.19 bits per heavy atom. The molecule has 0 bridgehead atoms. The molecule has 0 aromatic carbocycles. The van der Waals surface area contributed by atoms with E-state index >= 15 is 0 Å². The first-order valence-electron chi connectivity index (χ1n) is 9.30. The van der Waals surface area contributed by atoms with E-state index in [2.05, 4.69) is 76.8 Å². The van der Waals surface area contributed by atoms with Crippen LogP contribution < -0.4 is 0 Å². The highest BCUT2D eigenvalue weighted by molar-refractivity contribution is 6.83. The smallest absolute Gasteiger partial charge is 0.193 e. The lowest BCUT2D eigenvalue weighted by Crippen LogP contribution is -2.40. The number of allylic oxidation sites excluding steroid dienone is 1. The van der Waals surface area contributed by atoms with Gasteiger partial charge in [0.2, 0.25) is 0 Å². The van der Waals surface area contributed by atoms with Gasteiger partial charge in [-0.15, -0.1) is 5.54 Å². The Balaban J connectivity index is 2.87. The number of rotatable bonds is 3. The molecule has 26 heavy (non-hydrogen) atoms. The zero-order valence-corrected chi connectivity index (χ0v) is 20.3. The molecule has 0 amide bonds. The summed E-state index contributed by atoms with van der Waals surface area (Å²) in [6, 6.07) is 0. The van der Waals surface area contributed by atoms with Crippen molar-refractivity contribution in [1.29, 1.82) is 0 Å². The first kappa shape index (κ1) is 23.2. The fourth-order valence-corrected chi connectivity index (χ4v) is 3.30. The second kappa shape index (κ2) is 8.46. The fraction of sp³-hybridized carbons (Fsp3) is 0.714. The third kappa shape index (κ3) is 7.82. The number of hydrogen-bond acceptors (Lipinski definition) is 3. The molecule has 0 aromatic heterocycles. The molecule has 1 aliphatic rings. The van der Waals surface area contributed by atoms with E-state index in [1.165, 1.54) is 0 Å². The Kier molecular flexibility index (Phi) is 7.55. The van der Waals surface area contributed by atoms with Gasteiger partial charge in [-0.05, 0) is 32.0 Å². The van der Waals surface area contributed by atoms with Crippen LogP contribution in [0.4, 0.5) is 0 Å². The van der Waals surface area contributed by atoms with Gasteiger partial charge in [-0.3, -0.25) is 0 Å². The van der Waals surface area contributed by atoms with Crippen molar-refractivity contribution >= 4 is 16.4 Å². The maximum Gasteiger partial charge on any atom is 0.193 e. The van der Waals surface area contributed by atoms with Gasteiger partial charge in [-0.1, -0.05) is 58.2 Å². The highest BCUT2D eigenvalue weighted by atomic mass is 28.4. The van der Waals surface area contributed by atoms with Crippen LogP contribution in [0.1, 0.15) is 34.6 Å². The molecule has 1 saturated heterocycles. The summed E-state index contributed by atoms with van der Waals surface area (Å²) in [7, 11) is -3.23. The van der Waals surface area contributed by atoms with Crippen LogP contribution in [0.3, 0.4) is 0 Å². The van der Waals surface area contributed by atoms with E-state index in [4.69, 9.17) is 13.9 Å². The molecule has 1 fully saturated rings. The van der Waals surface area contributed by atoms with Crippen LogP contribution in [-0.4, -0.2) is 41.5 Å². The molecule has 1 aliphatic heterocycles. The van der Waals surface area contributed by atoms with Crippen molar-refractivity contribution in [3.8, 4) is 23.3 Å². The molecule has 0 aromatic rings. The SMILES string of the molecule is CC1(C)OC[C@H](/C(C#C[Si](C)(C)C)=C\C#CCO[Si](C)(C)C(C)(C)C)O1. The van der Waals surface area contributed by atoms with Gasteiger partial charge in [0.1, 0.15) is 14.2 Å². The van der Waals surface area contributed by atoms with E-state index in [9.17, 15) is 0 Å². The Morgan fingerprint density at radius 2 is 1.81 bits per heavy atom. The Morgan fingerprint density at radius 3 is 2.27 bits per heavy atom. The second-order valence-electron chi connectivity index (χ2n) is 9.79. The average Bonchev–Trinajstić information content (AvgIpc) is 2.79. The molecule has 1 rings (SSSR count). The minimum absolute atomic E-state index is 0.149. The largest absolute Gasteiger partial charge is 0.406 e. The summed E-state index contributed by atoms with van der Waals surface area (Å²) in [5.41, 5.74) is 4.30. The monoisotopic (exact) mass is 392 g/mol. The molecule has 0 unspecified atom stereocenters. The molecule has 1 atom stereocenters. The van der Waals surface area contributed by atoms with E-state index in [-0.39, 0.29) is 11.1 Å². The third-order valence-corrected chi connectivity index (χ3v) is 9.93. The van der Waals surface area contributed by atoms with Crippen molar-refractivity contribution in [3.63, 3.8) is 0 Å². The van der Waals surface area contributed by atoms with Crippen LogP contribution in [0.2, 0.25) is 37.8 Å². The van der Waals surface area contributed by atoms with Gasteiger partial charge in [0.25, 0.3) is 0 Å². The lowest BCUT2D eigenvalue weighted by atomic mass is 10.1. The minimum Gasteiger partial charge on any atom is -0.406 e. The summed E-state index contributed by atoms with van der Waals surface area (Å²) < 4.78 is 17.8. The van der Waals surface area contributed by atoms with Crippen molar-refractivity contribution in [2.45, 2.75) is 84.3 Å². The first-order chi connectivity index (χ1) is 11.6. The van der Waals surface area contributed by atoms with Gasteiger partial charge in [0.15, 0.2) is 14.1 Å². The number of ether oxygens (including phenoxy) is 2. The van der Waals surface area contributed by atoms with Gasteiger partial charge in [-0.2, -0.15) is 0 Å². The molecule has 1 heterocycles. The summed E-state index contributed by atoms with van der Waals surface area (Å²) in [5, 5.41) is 0.194. The van der Waals surface area contributed by atoms with Crippen molar-refractivity contribution in [1.82, 2.24) is 0 Å². The maximum atomic E-state index is 6.10. The van der Waals surface area contributed by atoms with E-state index in [1.54, 1.807) is 0 Å². The highest BCUT2D eigenvalue weighted by Gasteiger charge is 2.37. The lowest BCUT2D eigenvalue weighted by molar-refractivity contribution is -0.133. The highest BCUT2D eigenvalue weighted by Crippen LogP contribution is 2.36. The molecular weight excluding hydrogens is 356 g/mol. The van der Waals surface area contributed by atoms with Crippen molar-refractivity contribution in [2.24, 2.45) is 0 Å². The second-order valence-corrected chi connectivity index (χ2v) is 19.3. The predicted molar refractivity (Wildman–Crippen MR) is 115 cm³/mol. The Labute approximate surface area is 163 Å². The molecule has 3 nitrogen and oxygen atoms in total. The van der Waals surface area contributed by atoms with E-state index in [1.807, 2.05) is 19.9 Å². The molecule has 0 aliphatic carbocycles. The van der Waals surface area contributed by atoms with Gasteiger partial charge in [0, 0.05) is 11.6 Å². The standard InChI is InChI=1S/C21H36O3Si2/c1-20(2,3)26(9,10)23-15-12-11-13-18(14-16-25(6,7)8)19-17-22-21(4,5)24-19/h13,19H,15,17H2,1-10H3/b18-13-/t19-/m1/s1. The third-order valence-electron chi connectivity index (χ3n) is 4.58. The van der Waals surface area contributed by atoms with Crippen LogP contribution in [-0.2, 0) is 13.9 Å². The van der Waals surface area contributed by atoms with Crippen LogP contribution in [0.25, 0.3) is 0 Å². The Hall–Kier alpha value is -0.826. The molecule has 5 heteroatoms. The van der Waals surface area contributed by atoms with Gasteiger partial charge in [0.05, 0.1) is 13.2 Å². The maximum absolute atomic E-state index is 6.10. The molecule has 0 spiro atoms. The van der Waals surface area contributed by atoms with Crippen LogP contribution in [0.5, 0.6) is 0 Å². The van der Waals surface area contributed by atoms with Crippen molar-refractivity contribution < 1.29 is 13.9 Å². The zero-order valence-electron chi connectivity index (χ0n) is 18.3. The van der Waals surface area contributed by atoms with E-state index < -0.39 is 22.2 Å². The minimum atomic E-state index is -1.76. The average molecular weight is 393 g/mol. The summed E-state index contributed by atoms with van der Waals surface area (Å²) >= 11 is 0. The van der Waals surface area contributed by atoms with E-state index in [0.717, 1.165) is 5.57 Å². The molecule has 0 radical (unpaired) electrons. The summed E-state index contributed by atoms with van der Waals surface area (Å²) in [6.07, 6.45) is 1.72. The fourth-order valence-electron chi connectivity index (χ4n) is 1.91. The predicted octanol–water partition coefficient (Wildman–Crippen LogP) is 4.97. The Bertz CT molecular complexity index is 641. The van der Waals surface area contributed by atoms with Crippen LogP contribution in [0, 0.1) is 23.3 Å². The van der Waals surface area contributed by atoms with Crippen molar-refractivity contribution in [2.75, 3.05) is 13.2 Å². The lowest BCUT2D eigenvalue weighted by Gasteiger charge is -2.35. The van der Waals surface area contributed by atoms with Gasteiger partial charge in [-0.25, -0.2) is 0 Å². The summed E-state index contributed by atoms with van der Waals surface area (Å²) in [6.45, 7) is 22.7. The molecule has 146 valence electrons. The van der Waals surface area contributed by atoms with Crippen LogP contribution >= 0.6 is 0 Å². The molecule has 0 saturated carbocycles. The number of hydrogen-bond donors (Lipinski definition) is 0. The van der Waals surface area contributed by atoms with Gasteiger partial charge < -0.3 is 13.9 Å². The quantitative estimate of drug-likeness (QED) is 0.501. The van der Waals surface area contributed by atoms with Crippen molar-refractivity contribution in [3.05, 3.63) is 11.6 Å². The zero-order chi connectivity index (χ0) is 20.2. The molecular formula is C21H36O3Si2. The topological polar surface area (TPSA) is 27.7 Å². The summed E-state index contributed by atoms with van der Waals surface area (Å²) in [4.78, 5) is 0. The van der Waals surface area contributed by atoms with Gasteiger partial charge >= 0.3 is 0 Å². The normalized spacial score (nSPS) is 20.8. The summed E-state index contributed by atoms with van der Waals surface area (Å²) in [5.74, 6) is 8.97. The van der Waals surface area contributed by atoms with E-state index in [0.29, 0.717) is 13.2 Å². The van der Waals surface area contributed by atoms with Crippen LogP contribution in [0.15, 0.2) is 11.6 Å².